The van der Waals surface area contributed by atoms with Gasteiger partial charge >= 0.3 is 0 Å². The minimum atomic E-state index is -0.185. The van der Waals surface area contributed by atoms with E-state index in [4.69, 9.17) is 0 Å². The summed E-state index contributed by atoms with van der Waals surface area (Å²) >= 11 is 1.30. The quantitative estimate of drug-likeness (QED) is 0.496. The molecule has 3 rings (SSSR count). The predicted molar refractivity (Wildman–Crippen MR) is 114 cm³/mol. The fourth-order valence-electron chi connectivity index (χ4n) is 2.74. The second-order valence-corrected chi connectivity index (χ2v) is 7.33. The van der Waals surface area contributed by atoms with Gasteiger partial charge in [-0.2, -0.15) is 0 Å². The molecule has 0 aliphatic rings. The van der Waals surface area contributed by atoms with Crippen LogP contribution in [-0.2, 0) is 22.7 Å². The van der Waals surface area contributed by atoms with Crippen LogP contribution in [0, 0.1) is 0 Å². The number of aromatic nitrogens is 2. The maximum Gasteiger partial charge on any atom is 0.234 e. The topological polar surface area (TPSA) is 96.2 Å². The Morgan fingerprint density at radius 3 is 2.48 bits per heavy atom. The maximum atomic E-state index is 12.4. The van der Waals surface area contributed by atoms with Gasteiger partial charge in [0, 0.05) is 31.0 Å². The molecule has 2 amide bonds. The minimum absolute atomic E-state index is 0.155. The van der Waals surface area contributed by atoms with E-state index in [1.165, 1.54) is 18.7 Å². The zero-order chi connectivity index (χ0) is 20.6. The van der Waals surface area contributed by atoms with E-state index < -0.39 is 0 Å². The van der Waals surface area contributed by atoms with Gasteiger partial charge in [0.25, 0.3) is 0 Å². The molecule has 0 fully saturated rings. The normalized spacial score (nSPS) is 10.6. The molecule has 3 N–H and O–H groups in total. The second-order valence-electron chi connectivity index (χ2n) is 6.39. The van der Waals surface area contributed by atoms with Gasteiger partial charge in [0.15, 0.2) is 5.16 Å². The molecule has 0 bridgehead atoms. The smallest absolute Gasteiger partial charge is 0.234 e. The van der Waals surface area contributed by atoms with E-state index in [9.17, 15) is 14.7 Å². The molecule has 0 aliphatic heterocycles. The van der Waals surface area contributed by atoms with E-state index in [0.29, 0.717) is 28.8 Å². The number of aliphatic hydroxyl groups excluding tert-OH is 1. The van der Waals surface area contributed by atoms with Crippen LogP contribution in [0.3, 0.4) is 0 Å². The summed E-state index contributed by atoms with van der Waals surface area (Å²) in [5, 5.41) is 15.6. The van der Waals surface area contributed by atoms with E-state index in [1.54, 1.807) is 30.5 Å². The lowest BCUT2D eigenvalue weighted by atomic mass is 10.2. The highest BCUT2D eigenvalue weighted by atomic mass is 32.2. The predicted octanol–water partition coefficient (Wildman–Crippen LogP) is 3.11. The first-order chi connectivity index (χ1) is 14.0. The van der Waals surface area contributed by atoms with Crippen LogP contribution in [0.1, 0.15) is 18.2 Å². The molecule has 0 unspecified atom stereocenters. The number of nitrogens with one attached hydrogen (secondary N) is 2. The lowest BCUT2D eigenvalue weighted by molar-refractivity contribution is -0.114. The van der Waals surface area contributed by atoms with Crippen molar-refractivity contribution in [2.75, 3.05) is 16.4 Å². The number of aliphatic hydroxyl groups is 1. The third kappa shape index (κ3) is 6.20. The number of imidazole rings is 1. The SMILES string of the molecule is CC(=O)Nc1cccc(NC(=O)CSc2nc(CO)cn2Cc2ccccc2)c1. The molecule has 7 nitrogen and oxygen atoms in total. The Kier molecular flexibility index (Phi) is 7.04. The molecule has 0 aliphatic carbocycles. The van der Waals surface area contributed by atoms with Crippen LogP contribution in [0.5, 0.6) is 0 Å². The van der Waals surface area contributed by atoms with E-state index >= 15 is 0 Å². The van der Waals surface area contributed by atoms with Crippen LogP contribution < -0.4 is 10.6 Å². The van der Waals surface area contributed by atoms with E-state index in [0.717, 1.165) is 5.56 Å². The third-order valence-corrected chi connectivity index (χ3v) is 4.94. The van der Waals surface area contributed by atoms with Crippen molar-refractivity contribution in [2.45, 2.75) is 25.2 Å². The third-order valence-electron chi connectivity index (χ3n) is 3.95. The number of carbonyl (C=O) groups is 2. The minimum Gasteiger partial charge on any atom is -0.390 e. The Labute approximate surface area is 173 Å². The van der Waals surface area contributed by atoms with Gasteiger partial charge in [-0.15, -0.1) is 0 Å². The molecule has 0 saturated carbocycles. The van der Waals surface area contributed by atoms with Crippen molar-refractivity contribution in [3.05, 3.63) is 72.1 Å². The Balaban J connectivity index is 1.62. The number of anilines is 2. The van der Waals surface area contributed by atoms with Crippen molar-refractivity contribution < 1.29 is 14.7 Å². The summed E-state index contributed by atoms with van der Waals surface area (Å²) in [5.74, 6) is -0.190. The molecule has 1 aromatic heterocycles. The van der Waals surface area contributed by atoms with Crippen molar-refractivity contribution in [3.63, 3.8) is 0 Å². The van der Waals surface area contributed by atoms with Crippen LogP contribution in [-0.4, -0.2) is 32.2 Å². The van der Waals surface area contributed by atoms with Gasteiger partial charge in [0.2, 0.25) is 11.8 Å². The number of hydrogen-bond acceptors (Lipinski definition) is 5. The lowest BCUT2D eigenvalue weighted by Crippen LogP contribution is -2.15. The van der Waals surface area contributed by atoms with Gasteiger partial charge in [-0.25, -0.2) is 4.98 Å². The molecule has 29 heavy (non-hydrogen) atoms. The van der Waals surface area contributed by atoms with Crippen LogP contribution in [0.4, 0.5) is 11.4 Å². The van der Waals surface area contributed by atoms with Gasteiger partial charge in [0.05, 0.1) is 18.1 Å². The van der Waals surface area contributed by atoms with Crippen LogP contribution >= 0.6 is 11.8 Å². The van der Waals surface area contributed by atoms with E-state index in [-0.39, 0.29) is 24.2 Å². The molecular weight excluding hydrogens is 388 g/mol. The first-order valence-electron chi connectivity index (χ1n) is 9.04. The first kappa shape index (κ1) is 20.6. The number of nitrogens with zero attached hydrogens (tertiary/aromatic N) is 2. The van der Waals surface area contributed by atoms with Crippen LogP contribution in [0.25, 0.3) is 0 Å². The average Bonchev–Trinajstić information content (AvgIpc) is 3.09. The summed E-state index contributed by atoms with van der Waals surface area (Å²) in [6.45, 7) is 1.88. The number of rotatable bonds is 8. The molecule has 8 heteroatoms. The highest BCUT2D eigenvalue weighted by Crippen LogP contribution is 2.21. The monoisotopic (exact) mass is 410 g/mol. The van der Waals surface area contributed by atoms with Crippen molar-refractivity contribution in [1.82, 2.24) is 9.55 Å². The zero-order valence-electron chi connectivity index (χ0n) is 16.0. The largest absolute Gasteiger partial charge is 0.390 e. The Morgan fingerprint density at radius 2 is 1.79 bits per heavy atom. The molecule has 150 valence electrons. The van der Waals surface area contributed by atoms with Gasteiger partial charge in [0.1, 0.15) is 0 Å². The zero-order valence-corrected chi connectivity index (χ0v) is 16.8. The van der Waals surface area contributed by atoms with Crippen molar-refractivity contribution in [2.24, 2.45) is 0 Å². The fraction of sp³-hybridized carbons (Fsp3) is 0.190. The summed E-state index contributed by atoms with van der Waals surface area (Å²) in [6.07, 6.45) is 1.80. The summed E-state index contributed by atoms with van der Waals surface area (Å²) in [4.78, 5) is 27.9. The van der Waals surface area contributed by atoms with Crippen molar-refractivity contribution in [1.29, 1.82) is 0 Å². The van der Waals surface area contributed by atoms with Gasteiger partial charge in [-0.1, -0.05) is 48.2 Å². The summed E-state index contributed by atoms with van der Waals surface area (Å²) in [7, 11) is 0. The number of amides is 2. The van der Waals surface area contributed by atoms with E-state index in [1.807, 2.05) is 34.9 Å². The average molecular weight is 410 g/mol. The van der Waals surface area contributed by atoms with Crippen LogP contribution in [0.2, 0.25) is 0 Å². The number of thioether (sulfide) groups is 1. The standard InChI is InChI=1S/C21H22N4O3S/c1-15(27)22-17-8-5-9-18(10-17)23-20(28)14-29-21-24-19(13-26)12-25(21)11-16-6-3-2-4-7-16/h2-10,12,26H,11,13-14H2,1H3,(H,22,27)(H,23,28). The molecule has 0 atom stereocenters. The molecular formula is C21H22N4O3S. The van der Waals surface area contributed by atoms with Gasteiger partial charge in [-0.3, -0.25) is 9.59 Å². The number of benzene rings is 2. The van der Waals surface area contributed by atoms with E-state index in [2.05, 4.69) is 15.6 Å². The first-order valence-corrected chi connectivity index (χ1v) is 10.0. The fourth-order valence-corrected chi connectivity index (χ4v) is 3.54. The molecule has 0 saturated heterocycles. The van der Waals surface area contributed by atoms with Gasteiger partial charge < -0.3 is 20.3 Å². The summed E-state index contributed by atoms with van der Waals surface area (Å²) in [6, 6.07) is 16.9. The Morgan fingerprint density at radius 1 is 1.07 bits per heavy atom. The number of carbonyl (C=O) groups excluding carboxylic acids is 2. The molecule has 0 radical (unpaired) electrons. The van der Waals surface area contributed by atoms with Crippen LogP contribution in [0.15, 0.2) is 66.0 Å². The summed E-state index contributed by atoms with van der Waals surface area (Å²) < 4.78 is 1.93. The molecule has 2 aromatic carbocycles. The Hall–Kier alpha value is -3.10. The second kappa shape index (κ2) is 9.90. The maximum absolute atomic E-state index is 12.4. The van der Waals surface area contributed by atoms with Gasteiger partial charge in [-0.05, 0) is 23.8 Å². The lowest BCUT2D eigenvalue weighted by Gasteiger charge is -2.09. The molecule has 0 spiro atoms. The highest BCUT2D eigenvalue weighted by Gasteiger charge is 2.12. The molecule has 1 heterocycles. The van der Waals surface area contributed by atoms with Crippen molar-refractivity contribution >= 4 is 35.0 Å². The Bertz CT molecular complexity index is 989. The van der Waals surface area contributed by atoms with Crippen molar-refractivity contribution in [3.8, 4) is 0 Å². The summed E-state index contributed by atoms with van der Waals surface area (Å²) in [5.41, 5.74) is 2.89. The molecule has 3 aromatic rings. The number of hydrogen-bond donors (Lipinski definition) is 3. The highest BCUT2D eigenvalue weighted by molar-refractivity contribution is 7.99.